The molecule has 1 fully saturated rings. The number of hydrogen-bond donors (Lipinski definition) is 1. The minimum atomic E-state index is -0.177. The predicted octanol–water partition coefficient (Wildman–Crippen LogP) is 6.92. The number of fused-ring (bicyclic) bond motifs is 1. The number of thioether (sulfide) groups is 1. The Kier molecular flexibility index (Phi) is 5.88. The van der Waals surface area contributed by atoms with Crippen LogP contribution in [0.1, 0.15) is 49.8 Å². The third-order valence-corrected chi connectivity index (χ3v) is 7.80. The molecule has 1 unspecified atom stereocenters. The fourth-order valence-electron chi connectivity index (χ4n) is 4.16. The van der Waals surface area contributed by atoms with Crippen LogP contribution in [0.4, 0.5) is 11.4 Å². The fraction of sp³-hybridized carbons (Fsp3) is 0.333. The van der Waals surface area contributed by atoms with E-state index in [0.29, 0.717) is 26.0 Å². The van der Waals surface area contributed by atoms with Gasteiger partial charge in [0.25, 0.3) is 5.91 Å². The van der Waals surface area contributed by atoms with Crippen LogP contribution in [0.15, 0.2) is 40.2 Å². The van der Waals surface area contributed by atoms with E-state index in [0.717, 1.165) is 28.9 Å². The van der Waals surface area contributed by atoms with Gasteiger partial charge in [-0.3, -0.25) is 4.79 Å². The lowest BCUT2D eigenvalue weighted by atomic mass is 9.80. The molecule has 31 heavy (non-hydrogen) atoms. The maximum absolute atomic E-state index is 12.6. The molecule has 1 atom stereocenters. The average molecular weight is 474 g/mol. The summed E-state index contributed by atoms with van der Waals surface area (Å²) in [4.78, 5) is 20.0. The number of amidine groups is 1. The lowest BCUT2D eigenvalue weighted by Crippen LogP contribution is -2.45. The van der Waals surface area contributed by atoms with Gasteiger partial charge in [-0.1, -0.05) is 36.2 Å². The molecule has 7 heteroatoms. The summed E-state index contributed by atoms with van der Waals surface area (Å²) in [6, 6.07) is 9.68. The molecule has 1 amide bonds. The second-order valence-corrected chi connectivity index (χ2v) is 10.6. The molecule has 2 aliphatic rings. The summed E-state index contributed by atoms with van der Waals surface area (Å²) in [5.41, 5.74) is 4.94. The van der Waals surface area contributed by atoms with Crippen LogP contribution in [-0.2, 0) is 4.79 Å². The van der Waals surface area contributed by atoms with E-state index in [1.165, 1.54) is 17.3 Å². The summed E-state index contributed by atoms with van der Waals surface area (Å²) in [5.74, 6) is 0.229. The quantitative estimate of drug-likeness (QED) is 0.481. The fourth-order valence-corrected chi connectivity index (χ4v) is 5.37. The Morgan fingerprint density at radius 3 is 2.74 bits per heavy atom. The maximum atomic E-state index is 12.6. The van der Waals surface area contributed by atoms with Crippen LogP contribution in [-0.4, -0.2) is 23.7 Å². The van der Waals surface area contributed by atoms with Crippen molar-refractivity contribution in [2.24, 2.45) is 4.99 Å². The molecule has 2 heterocycles. The molecule has 0 radical (unpaired) electrons. The monoisotopic (exact) mass is 473 g/mol. The minimum absolute atomic E-state index is 0.0702. The van der Waals surface area contributed by atoms with Crippen molar-refractivity contribution in [1.82, 2.24) is 5.32 Å². The maximum Gasteiger partial charge on any atom is 0.264 e. The number of rotatable bonds is 2. The van der Waals surface area contributed by atoms with Crippen LogP contribution in [0.3, 0.4) is 0 Å². The SMILES string of the molecule is Cc1c(Cl)cccc1N=C1NC(=O)/C(=C\c2cc3c(cc2Cl)N(C)C(C)(C)CC3C)S1. The number of aliphatic imine (C=N–C) groups is 1. The molecule has 0 aromatic heterocycles. The number of halogens is 2. The van der Waals surface area contributed by atoms with E-state index < -0.39 is 0 Å². The van der Waals surface area contributed by atoms with Crippen molar-refractivity contribution in [3.05, 3.63) is 62.0 Å². The molecule has 0 aliphatic carbocycles. The Hall–Kier alpha value is -1.95. The molecule has 2 aromatic carbocycles. The van der Waals surface area contributed by atoms with Crippen LogP contribution in [0.25, 0.3) is 6.08 Å². The molecule has 162 valence electrons. The van der Waals surface area contributed by atoms with Gasteiger partial charge in [-0.15, -0.1) is 0 Å². The van der Waals surface area contributed by atoms with E-state index in [9.17, 15) is 4.79 Å². The molecule has 4 rings (SSSR count). The highest BCUT2D eigenvalue weighted by Gasteiger charge is 2.34. The number of nitrogens with one attached hydrogen (secondary N) is 1. The second kappa shape index (κ2) is 8.19. The Morgan fingerprint density at radius 1 is 1.26 bits per heavy atom. The summed E-state index contributed by atoms with van der Waals surface area (Å²) < 4.78 is 0. The number of benzene rings is 2. The number of carbonyl (C=O) groups excluding carboxylic acids is 1. The van der Waals surface area contributed by atoms with Gasteiger partial charge in [-0.2, -0.15) is 0 Å². The lowest BCUT2D eigenvalue weighted by molar-refractivity contribution is -0.115. The summed E-state index contributed by atoms with van der Waals surface area (Å²) in [6.07, 6.45) is 2.90. The number of amides is 1. The van der Waals surface area contributed by atoms with Crippen molar-refractivity contribution in [3.8, 4) is 0 Å². The molecule has 2 aliphatic heterocycles. The Balaban J connectivity index is 1.67. The first-order valence-electron chi connectivity index (χ1n) is 10.2. The standard InChI is InChI=1S/C24H25Cl2N3OS/c1-13-12-24(3,4)29(5)20-11-18(26)15(9-16(13)20)10-21-22(30)28-23(31-21)27-19-8-6-7-17(25)14(19)2/h6-11,13H,12H2,1-5H3,(H,27,28,30)/b21-10+. The number of nitrogens with zero attached hydrogens (tertiary/aromatic N) is 2. The molecule has 0 bridgehead atoms. The van der Waals surface area contributed by atoms with Gasteiger partial charge >= 0.3 is 0 Å². The van der Waals surface area contributed by atoms with Crippen LogP contribution in [0, 0.1) is 6.92 Å². The van der Waals surface area contributed by atoms with Gasteiger partial charge in [0.2, 0.25) is 0 Å². The largest absolute Gasteiger partial charge is 0.369 e. The zero-order valence-corrected chi connectivity index (χ0v) is 20.5. The summed E-state index contributed by atoms with van der Waals surface area (Å²) in [6.45, 7) is 8.65. The van der Waals surface area contributed by atoms with E-state index in [4.69, 9.17) is 23.2 Å². The lowest BCUT2D eigenvalue weighted by Gasteiger charge is -2.45. The van der Waals surface area contributed by atoms with Crippen LogP contribution in [0.2, 0.25) is 10.0 Å². The normalized spacial score (nSPS) is 22.7. The van der Waals surface area contributed by atoms with Gasteiger partial charge in [0.15, 0.2) is 5.17 Å². The molecule has 4 nitrogen and oxygen atoms in total. The summed E-state index contributed by atoms with van der Waals surface area (Å²) in [7, 11) is 2.11. The molecule has 2 aromatic rings. The number of hydrogen-bond acceptors (Lipinski definition) is 4. The van der Waals surface area contributed by atoms with Gasteiger partial charge < -0.3 is 10.2 Å². The van der Waals surface area contributed by atoms with Crippen molar-refractivity contribution in [3.63, 3.8) is 0 Å². The van der Waals surface area contributed by atoms with Crippen molar-refractivity contribution < 1.29 is 4.79 Å². The van der Waals surface area contributed by atoms with Gasteiger partial charge in [0.1, 0.15) is 0 Å². The molecule has 0 saturated carbocycles. The van der Waals surface area contributed by atoms with Crippen molar-refractivity contribution in [2.75, 3.05) is 11.9 Å². The van der Waals surface area contributed by atoms with E-state index in [-0.39, 0.29) is 11.4 Å². The Morgan fingerprint density at radius 2 is 2.00 bits per heavy atom. The predicted molar refractivity (Wildman–Crippen MR) is 134 cm³/mol. The molecular weight excluding hydrogens is 449 g/mol. The van der Waals surface area contributed by atoms with E-state index in [1.807, 2.05) is 37.3 Å². The zero-order chi connectivity index (χ0) is 22.5. The van der Waals surface area contributed by atoms with Crippen molar-refractivity contribution in [1.29, 1.82) is 0 Å². The van der Waals surface area contributed by atoms with Gasteiger partial charge in [-0.05, 0) is 91.9 Å². The average Bonchev–Trinajstić information content (AvgIpc) is 3.03. The third-order valence-electron chi connectivity index (χ3n) is 6.15. The highest BCUT2D eigenvalue weighted by atomic mass is 35.5. The Labute approximate surface area is 197 Å². The first-order valence-corrected chi connectivity index (χ1v) is 11.8. The highest BCUT2D eigenvalue weighted by Crippen LogP contribution is 2.45. The number of carbonyl (C=O) groups is 1. The minimum Gasteiger partial charge on any atom is -0.369 e. The smallest absolute Gasteiger partial charge is 0.264 e. The number of anilines is 1. The van der Waals surface area contributed by atoms with Crippen LogP contribution >= 0.6 is 35.0 Å². The van der Waals surface area contributed by atoms with Crippen LogP contribution < -0.4 is 10.2 Å². The van der Waals surface area contributed by atoms with Crippen molar-refractivity contribution >= 4 is 63.5 Å². The first kappa shape index (κ1) is 22.3. The second-order valence-electron chi connectivity index (χ2n) is 8.77. The summed E-state index contributed by atoms with van der Waals surface area (Å²) in [5, 5.41) is 4.65. The van der Waals surface area contributed by atoms with Gasteiger partial charge in [0, 0.05) is 28.3 Å². The Bertz CT molecular complexity index is 1140. The van der Waals surface area contributed by atoms with Gasteiger partial charge in [-0.25, -0.2) is 4.99 Å². The topological polar surface area (TPSA) is 44.7 Å². The highest BCUT2D eigenvalue weighted by molar-refractivity contribution is 8.18. The van der Waals surface area contributed by atoms with Gasteiger partial charge in [0.05, 0.1) is 10.6 Å². The van der Waals surface area contributed by atoms with Crippen LogP contribution in [0.5, 0.6) is 0 Å². The first-order chi connectivity index (χ1) is 14.6. The van der Waals surface area contributed by atoms with E-state index in [1.54, 1.807) is 0 Å². The molecule has 1 N–H and O–H groups in total. The van der Waals surface area contributed by atoms with E-state index in [2.05, 4.69) is 49.1 Å². The molecule has 0 spiro atoms. The third kappa shape index (κ3) is 4.23. The summed E-state index contributed by atoms with van der Waals surface area (Å²) >= 11 is 14.1. The molecular formula is C24H25Cl2N3OS. The van der Waals surface area contributed by atoms with E-state index >= 15 is 0 Å². The molecule has 1 saturated heterocycles. The zero-order valence-electron chi connectivity index (χ0n) is 18.2. The van der Waals surface area contributed by atoms with Crippen molar-refractivity contribution in [2.45, 2.75) is 45.6 Å².